The maximum atomic E-state index is 5.48. The van der Waals surface area contributed by atoms with Crippen molar-refractivity contribution in [3.8, 4) is 0 Å². The van der Waals surface area contributed by atoms with Crippen LogP contribution in [-0.4, -0.2) is 14.8 Å². The Morgan fingerprint density at radius 2 is 2.25 bits per heavy atom. The molecule has 0 amide bonds. The standard InChI is InChI=1S/C7H8N4.ClH/c1-11-4-5-2-7(8)9-3-6(5)10-11;/h2-4H,8H2,1H3;1H. The van der Waals surface area contributed by atoms with Gasteiger partial charge in [0.05, 0.1) is 6.20 Å². The minimum atomic E-state index is 0. The number of pyridine rings is 1. The number of nitrogens with two attached hydrogens (primary N) is 1. The van der Waals surface area contributed by atoms with Crippen LogP contribution in [-0.2, 0) is 7.05 Å². The quantitative estimate of drug-likeness (QED) is 0.664. The van der Waals surface area contributed by atoms with E-state index in [2.05, 4.69) is 10.1 Å². The number of hydrogen-bond donors (Lipinski definition) is 1. The molecule has 0 bridgehead atoms. The lowest BCUT2D eigenvalue weighted by Crippen LogP contribution is -1.87. The van der Waals surface area contributed by atoms with Crippen LogP contribution in [0.5, 0.6) is 0 Å². The van der Waals surface area contributed by atoms with Crippen molar-refractivity contribution in [2.45, 2.75) is 0 Å². The van der Waals surface area contributed by atoms with Gasteiger partial charge in [-0.2, -0.15) is 5.10 Å². The number of halogens is 1. The molecule has 0 fully saturated rings. The van der Waals surface area contributed by atoms with Crippen LogP contribution in [0.3, 0.4) is 0 Å². The molecule has 5 heteroatoms. The van der Waals surface area contributed by atoms with Gasteiger partial charge in [-0.05, 0) is 6.07 Å². The molecule has 0 aliphatic rings. The molecular weight excluding hydrogens is 176 g/mol. The molecule has 0 unspecified atom stereocenters. The second-order valence-corrected chi connectivity index (χ2v) is 2.47. The highest BCUT2D eigenvalue weighted by Crippen LogP contribution is 2.11. The van der Waals surface area contributed by atoms with Crippen molar-refractivity contribution in [3.63, 3.8) is 0 Å². The van der Waals surface area contributed by atoms with Gasteiger partial charge in [-0.25, -0.2) is 4.98 Å². The maximum absolute atomic E-state index is 5.48. The van der Waals surface area contributed by atoms with Crippen LogP contribution in [0, 0.1) is 0 Å². The first-order valence-corrected chi connectivity index (χ1v) is 3.30. The molecule has 0 radical (unpaired) electrons. The minimum Gasteiger partial charge on any atom is -0.384 e. The molecule has 2 aromatic rings. The van der Waals surface area contributed by atoms with E-state index >= 15 is 0 Å². The van der Waals surface area contributed by atoms with E-state index < -0.39 is 0 Å². The monoisotopic (exact) mass is 184 g/mol. The average Bonchev–Trinajstić information content (AvgIpc) is 2.27. The van der Waals surface area contributed by atoms with Crippen molar-refractivity contribution in [1.82, 2.24) is 14.8 Å². The highest BCUT2D eigenvalue weighted by atomic mass is 35.5. The number of aryl methyl sites for hydroxylation is 1. The van der Waals surface area contributed by atoms with Gasteiger partial charge in [0.25, 0.3) is 0 Å². The van der Waals surface area contributed by atoms with Crippen molar-refractivity contribution in [1.29, 1.82) is 0 Å². The molecule has 0 aliphatic heterocycles. The zero-order valence-electron chi connectivity index (χ0n) is 6.56. The molecule has 4 nitrogen and oxygen atoms in total. The van der Waals surface area contributed by atoms with Gasteiger partial charge in [0.2, 0.25) is 0 Å². The van der Waals surface area contributed by atoms with Crippen LogP contribution in [0.15, 0.2) is 18.5 Å². The first-order valence-electron chi connectivity index (χ1n) is 3.30. The Labute approximate surface area is 75.8 Å². The summed E-state index contributed by atoms with van der Waals surface area (Å²) in [4.78, 5) is 3.92. The van der Waals surface area contributed by atoms with Crippen LogP contribution in [0.1, 0.15) is 0 Å². The molecule has 0 saturated carbocycles. The smallest absolute Gasteiger partial charge is 0.124 e. The Morgan fingerprint density at radius 3 is 3.00 bits per heavy atom. The molecule has 64 valence electrons. The van der Waals surface area contributed by atoms with E-state index in [4.69, 9.17) is 5.73 Å². The number of fused-ring (bicyclic) bond motifs is 1. The molecule has 2 N–H and O–H groups in total. The van der Waals surface area contributed by atoms with Gasteiger partial charge in [-0.3, -0.25) is 4.68 Å². The molecule has 0 saturated heterocycles. The largest absolute Gasteiger partial charge is 0.384 e. The fraction of sp³-hybridized carbons (Fsp3) is 0.143. The highest BCUT2D eigenvalue weighted by molar-refractivity contribution is 5.85. The molecule has 12 heavy (non-hydrogen) atoms. The third-order valence-corrected chi connectivity index (χ3v) is 1.53. The Kier molecular flexibility index (Phi) is 2.19. The topological polar surface area (TPSA) is 56.7 Å². The molecule has 0 aromatic carbocycles. The Morgan fingerprint density at radius 1 is 1.50 bits per heavy atom. The van der Waals surface area contributed by atoms with E-state index in [1.54, 1.807) is 10.9 Å². The summed E-state index contributed by atoms with van der Waals surface area (Å²) in [6.07, 6.45) is 3.58. The van der Waals surface area contributed by atoms with E-state index in [1.165, 1.54) is 0 Å². The summed E-state index contributed by atoms with van der Waals surface area (Å²) >= 11 is 0. The molecule has 0 spiro atoms. The van der Waals surface area contributed by atoms with Crippen molar-refractivity contribution in [2.24, 2.45) is 7.05 Å². The van der Waals surface area contributed by atoms with E-state index in [-0.39, 0.29) is 12.4 Å². The number of hydrogen-bond acceptors (Lipinski definition) is 3. The molecule has 2 rings (SSSR count). The van der Waals surface area contributed by atoms with E-state index in [9.17, 15) is 0 Å². The minimum absolute atomic E-state index is 0. The number of anilines is 1. The lowest BCUT2D eigenvalue weighted by Gasteiger charge is -1.88. The number of aromatic nitrogens is 3. The first kappa shape index (κ1) is 8.80. The van der Waals surface area contributed by atoms with Crippen LogP contribution < -0.4 is 5.73 Å². The first-order chi connectivity index (χ1) is 5.25. The van der Waals surface area contributed by atoms with Gasteiger partial charge in [0.15, 0.2) is 0 Å². The number of nitrogens with zero attached hydrogens (tertiary/aromatic N) is 3. The highest BCUT2D eigenvalue weighted by Gasteiger charge is 1.97. The number of rotatable bonds is 0. The van der Waals surface area contributed by atoms with Gasteiger partial charge in [0.1, 0.15) is 11.3 Å². The van der Waals surface area contributed by atoms with Gasteiger partial charge >= 0.3 is 0 Å². The van der Waals surface area contributed by atoms with E-state index in [1.807, 2.05) is 19.3 Å². The zero-order chi connectivity index (χ0) is 7.84. The summed E-state index contributed by atoms with van der Waals surface area (Å²) < 4.78 is 1.74. The third-order valence-electron chi connectivity index (χ3n) is 1.53. The number of nitrogen functional groups attached to an aromatic ring is 1. The maximum Gasteiger partial charge on any atom is 0.124 e. The second kappa shape index (κ2) is 2.98. The second-order valence-electron chi connectivity index (χ2n) is 2.47. The van der Waals surface area contributed by atoms with Crippen molar-refractivity contribution in [3.05, 3.63) is 18.5 Å². The SMILES string of the molecule is Cl.Cn1cc2cc(N)ncc2n1. The van der Waals surface area contributed by atoms with Gasteiger partial charge in [-0.15, -0.1) is 12.4 Å². The van der Waals surface area contributed by atoms with Crippen LogP contribution >= 0.6 is 12.4 Å². The molecule has 2 heterocycles. The van der Waals surface area contributed by atoms with E-state index in [0.717, 1.165) is 10.9 Å². The van der Waals surface area contributed by atoms with Gasteiger partial charge < -0.3 is 5.73 Å². The van der Waals surface area contributed by atoms with Crippen molar-refractivity contribution >= 4 is 29.1 Å². The van der Waals surface area contributed by atoms with Crippen LogP contribution in [0.25, 0.3) is 10.9 Å². The van der Waals surface area contributed by atoms with Gasteiger partial charge in [-0.1, -0.05) is 0 Å². The summed E-state index contributed by atoms with van der Waals surface area (Å²) in [6.45, 7) is 0. The molecular formula is C7H9ClN4. The average molecular weight is 185 g/mol. The summed E-state index contributed by atoms with van der Waals surface area (Å²) in [7, 11) is 1.87. The lowest BCUT2D eigenvalue weighted by atomic mass is 10.3. The predicted molar refractivity (Wildman–Crippen MR) is 50.2 cm³/mol. The van der Waals surface area contributed by atoms with Crippen LogP contribution in [0.2, 0.25) is 0 Å². The molecule has 0 aliphatic carbocycles. The predicted octanol–water partition coefficient (Wildman–Crippen LogP) is 0.972. The van der Waals surface area contributed by atoms with E-state index in [0.29, 0.717) is 5.82 Å². The summed E-state index contributed by atoms with van der Waals surface area (Å²) in [6, 6.07) is 1.81. The fourth-order valence-electron chi connectivity index (χ4n) is 1.07. The zero-order valence-corrected chi connectivity index (χ0v) is 7.38. The fourth-order valence-corrected chi connectivity index (χ4v) is 1.07. The Bertz CT molecular complexity index is 395. The molecule has 0 atom stereocenters. The summed E-state index contributed by atoms with van der Waals surface area (Å²) in [5.74, 6) is 0.533. The molecule has 2 aromatic heterocycles. The third kappa shape index (κ3) is 1.33. The Hall–Kier alpha value is -1.29. The van der Waals surface area contributed by atoms with Crippen LogP contribution in [0.4, 0.5) is 5.82 Å². The lowest BCUT2D eigenvalue weighted by molar-refractivity contribution is 0.779. The normalized spacial score (nSPS) is 9.75. The Balaban J connectivity index is 0.000000720. The summed E-state index contributed by atoms with van der Waals surface area (Å²) in [5.41, 5.74) is 6.36. The van der Waals surface area contributed by atoms with Crippen molar-refractivity contribution < 1.29 is 0 Å². The van der Waals surface area contributed by atoms with Gasteiger partial charge in [0, 0.05) is 18.6 Å². The summed E-state index contributed by atoms with van der Waals surface area (Å²) in [5, 5.41) is 5.18. The van der Waals surface area contributed by atoms with Crippen molar-refractivity contribution in [2.75, 3.05) is 5.73 Å².